The van der Waals surface area contributed by atoms with Gasteiger partial charge in [0, 0.05) is 25.0 Å². The predicted molar refractivity (Wildman–Crippen MR) is 134 cm³/mol. The minimum Gasteiger partial charge on any atom is -0.490 e. The predicted octanol–water partition coefficient (Wildman–Crippen LogP) is 4.52. The second kappa shape index (κ2) is 14.6. The summed E-state index contributed by atoms with van der Waals surface area (Å²) in [5.41, 5.74) is 0. The molecule has 202 valence electrons. The molecule has 7 nitrogen and oxygen atoms in total. The monoisotopic (exact) mass is 516 g/mol. The molecule has 0 spiro atoms. The summed E-state index contributed by atoms with van der Waals surface area (Å²) in [6, 6.07) is 6.35. The number of carbonyl (C=O) groups is 1. The molecule has 0 amide bonds. The normalized spacial score (nSPS) is 29.0. The van der Waals surface area contributed by atoms with Crippen LogP contribution in [0.3, 0.4) is 0 Å². The first-order chi connectivity index (χ1) is 18.1. The molecule has 1 aliphatic carbocycles. The van der Waals surface area contributed by atoms with Gasteiger partial charge in [0.15, 0.2) is 24.1 Å². The Morgan fingerprint density at radius 3 is 2.57 bits per heavy atom. The van der Waals surface area contributed by atoms with Gasteiger partial charge >= 0.3 is 0 Å². The number of ether oxygens (including phenoxy) is 5. The molecule has 1 aromatic carbocycles. The maximum Gasteiger partial charge on any atom is 0.261 e. The molecule has 37 heavy (non-hydrogen) atoms. The van der Waals surface area contributed by atoms with E-state index in [0.717, 1.165) is 44.9 Å². The number of aliphatic hydroxyl groups is 1. The second-order valence-corrected chi connectivity index (χ2v) is 9.66. The fourth-order valence-electron chi connectivity index (χ4n) is 4.87. The first-order valence-electron chi connectivity index (χ1n) is 13.4. The first kappa shape index (κ1) is 27.7. The summed E-state index contributed by atoms with van der Waals surface area (Å²) in [6.45, 7) is 1.60. The first-order valence-corrected chi connectivity index (χ1v) is 13.4. The maximum absolute atomic E-state index is 13.7. The zero-order valence-electron chi connectivity index (χ0n) is 21.2. The van der Waals surface area contributed by atoms with E-state index >= 15 is 0 Å². The summed E-state index contributed by atoms with van der Waals surface area (Å²) in [7, 11) is 0. The number of ketones is 1. The van der Waals surface area contributed by atoms with Gasteiger partial charge in [-0.1, -0.05) is 30.2 Å². The highest BCUT2D eigenvalue weighted by molar-refractivity contribution is 5.97. The number of hydrogen-bond donors (Lipinski definition) is 1. The molecule has 2 aliphatic heterocycles. The van der Waals surface area contributed by atoms with Crippen molar-refractivity contribution in [2.24, 2.45) is 11.8 Å². The van der Waals surface area contributed by atoms with Crippen LogP contribution in [0.25, 0.3) is 0 Å². The van der Waals surface area contributed by atoms with Crippen molar-refractivity contribution < 1.29 is 38.0 Å². The van der Waals surface area contributed by atoms with Crippen molar-refractivity contribution >= 4 is 5.78 Å². The molecule has 1 N–H and O–H groups in total. The third-order valence-corrected chi connectivity index (χ3v) is 6.86. The van der Waals surface area contributed by atoms with E-state index in [9.17, 15) is 14.3 Å². The van der Waals surface area contributed by atoms with Crippen LogP contribution in [0.5, 0.6) is 5.75 Å². The van der Waals surface area contributed by atoms with Crippen molar-refractivity contribution in [3.05, 3.63) is 42.2 Å². The van der Waals surface area contributed by atoms with Crippen LogP contribution in [0.2, 0.25) is 0 Å². The quantitative estimate of drug-likeness (QED) is 0.161. The van der Waals surface area contributed by atoms with Gasteiger partial charge in [-0.15, -0.1) is 0 Å². The van der Waals surface area contributed by atoms with E-state index in [1.54, 1.807) is 18.2 Å². The molecule has 1 aromatic rings. The number of carbonyl (C=O) groups excluding carboxylic acids is 1. The molecule has 3 fully saturated rings. The van der Waals surface area contributed by atoms with Crippen molar-refractivity contribution in [2.75, 3.05) is 19.8 Å². The number of benzene rings is 1. The summed E-state index contributed by atoms with van der Waals surface area (Å²) in [6.07, 6.45) is 9.09. The molecule has 2 heterocycles. The minimum atomic E-state index is -1.62. The van der Waals surface area contributed by atoms with Gasteiger partial charge in [-0.25, -0.2) is 4.39 Å². The van der Waals surface area contributed by atoms with Gasteiger partial charge in [0.2, 0.25) is 6.29 Å². The van der Waals surface area contributed by atoms with E-state index in [0.29, 0.717) is 32.7 Å². The van der Waals surface area contributed by atoms with Gasteiger partial charge in [-0.05, 0) is 75.8 Å². The third kappa shape index (κ3) is 8.62. The van der Waals surface area contributed by atoms with Crippen LogP contribution in [0.15, 0.2) is 36.4 Å². The van der Waals surface area contributed by atoms with Crippen molar-refractivity contribution in [1.29, 1.82) is 0 Å². The Balaban J connectivity index is 1.32. The summed E-state index contributed by atoms with van der Waals surface area (Å²) < 4.78 is 42.2. The van der Waals surface area contributed by atoms with E-state index in [1.165, 1.54) is 6.07 Å². The largest absolute Gasteiger partial charge is 0.490 e. The maximum atomic E-state index is 13.7. The molecule has 0 aromatic heterocycles. The van der Waals surface area contributed by atoms with Gasteiger partial charge < -0.3 is 28.8 Å². The molecule has 2 unspecified atom stereocenters. The van der Waals surface area contributed by atoms with E-state index in [-0.39, 0.29) is 35.8 Å². The fourth-order valence-corrected chi connectivity index (χ4v) is 4.87. The molecule has 8 heteroatoms. The average molecular weight is 517 g/mol. The topological polar surface area (TPSA) is 83.5 Å². The highest BCUT2D eigenvalue weighted by Gasteiger charge is 2.37. The number of hydrogen-bond acceptors (Lipinski definition) is 7. The molecule has 4 rings (SSSR count). The lowest BCUT2D eigenvalue weighted by atomic mass is 9.99. The minimum absolute atomic E-state index is 0.102. The van der Waals surface area contributed by atoms with Gasteiger partial charge in [0.1, 0.15) is 0 Å². The van der Waals surface area contributed by atoms with Crippen molar-refractivity contribution in [3.63, 3.8) is 0 Å². The molecule has 0 bridgehead atoms. The van der Waals surface area contributed by atoms with Crippen LogP contribution in [0, 0.1) is 29.5 Å². The number of para-hydroxylation sites is 1. The lowest BCUT2D eigenvalue weighted by Crippen LogP contribution is -2.33. The van der Waals surface area contributed by atoms with Crippen LogP contribution in [0.1, 0.15) is 57.8 Å². The van der Waals surface area contributed by atoms with Gasteiger partial charge in [0.25, 0.3) is 5.78 Å². The second-order valence-electron chi connectivity index (χ2n) is 9.66. The summed E-state index contributed by atoms with van der Waals surface area (Å²) in [4.78, 5) is 12.4. The molecule has 6 atom stereocenters. The Labute approximate surface area is 218 Å². The molecular weight excluding hydrogens is 479 g/mol. The van der Waals surface area contributed by atoms with Crippen LogP contribution in [-0.4, -0.2) is 55.7 Å². The molecule has 1 saturated carbocycles. The highest BCUT2D eigenvalue weighted by Crippen LogP contribution is 2.36. The Hall–Kier alpha value is -2.28. The lowest BCUT2D eigenvalue weighted by molar-refractivity contribution is -0.232. The number of aliphatic hydroxyl groups excluding tert-OH is 1. The van der Waals surface area contributed by atoms with Crippen LogP contribution < -0.4 is 4.74 Å². The van der Waals surface area contributed by atoms with Gasteiger partial charge in [0.05, 0.1) is 12.7 Å². The van der Waals surface area contributed by atoms with Crippen molar-refractivity contribution in [3.8, 4) is 17.6 Å². The molecular formula is C29H37FO7. The Morgan fingerprint density at radius 1 is 1.08 bits per heavy atom. The lowest BCUT2D eigenvalue weighted by Gasteiger charge is -2.29. The Morgan fingerprint density at radius 2 is 1.84 bits per heavy atom. The zero-order chi connectivity index (χ0) is 25.9. The number of Topliss-reactive ketones (excluding diaryl/α,β-unsaturated/α-hetero) is 1. The summed E-state index contributed by atoms with van der Waals surface area (Å²) in [5, 5.41) is 10.1. The van der Waals surface area contributed by atoms with E-state index in [1.807, 2.05) is 6.08 Å². The van der Waals surface area contributed by atoms with E-state index < -0.39 is 18.4 Å². The van der Waals surface area contributed by atoms with Crippen molar-refractivity contribution in [2.45, 2.75) is 82.8 Å². The highest BCUT2D eigenvalue weighted by atomic mass is 19.1. The Bertz CT molecular complexity index is 943. The van der Waals surface area contributed by atoms with Crippen LogP contribution in [0.4, 0.5) is 4.39 Å². The van der Waals surface area contributed by atoms with E-state index in [4.69, 9.17) is 23.7 Å². The Kier molecular flexibility index (Phi) is 11.0. The smallest absolute Gasteiger partial charge is 0.261 e. The molecule has 3 aliphatic rings. The van der Waals surface area contributed by atoms with E-state index in [2.05, 4.69) is 17.9 Å². The molecule has 2 saturated heterocycles. The number of halogens is 1. The average Bonchev–Trinajstić information content (AvgIpc) is 3.30. The zero-order valence-corrected chi connectivity index (χ0v) is 21.2. The third-order valence-electron chi connectivity index (χ3n) is 6.86. The van der Waals surface area contributed by atoms with Crippen molar-refractivity contribution in [1.82, 2.24) is 0 Å². The fraction of sp³-hybridized carbons (Fsp3) is 0.621. The number of rotatable bonds is 10. The van der Waals surface area contributed by atoms with Gasteiger partial charge in [-0.3, -0.25) is 4.79 Å². The summed E-state index contributed by atoms with van der Waals surface area (Å²) in [5.74, 6) is 4.75. The SMILES string of the molecule is O=C(C#C[C@@H]1CC[C@H](/C=C/CCOc2ccccc2F)[C@H]1OC1CCCCO1)[C@H](O)OC1CCCCO1. The standard InChI is InChI=1S/C29H37FO7/c30-23-10-1-2-11-25(23)33-18-6-3-9-21-14-15-22(28(21)36-26-12-4-7-19-34-26)16-17-24(31)29(32)37-27-13-5-8-20-35-27/h1-3,9-11,21-22,26-29,32H,4-8,12-15,18-20H2/b9-3+/t21-,22-,26?,27?,28+,29+/m0/s1. The van der Waals surface area contributed by atoms with Crippen LogP contribution >= 0.6 is 0 Å². The summed E-state index contributed by atoms with van der Waals surface area (Å²) >= 11 is 0. The molecule has 0 radical (unpaired) electrons. The van der Waals surface area contributed by atoms with Gasteiger partial charge in [-0.2, -0.15) is 0 Å². The van der Waals surface area contributed by atoms with Crippen LogP contribution in [-0.2, 0) is 23.7 Å².